The molecule has 0 fully saturated rings. The molecule has 3 nitrogen and oxygen atoms in total. The molecule has 0 amide bonds. The van der Waals surface area contributed by atoms with Crippen molar-refractivity contribution in [2.75, 3.05) is 12.4 Å². The summed E-state index contributed by atoms with van der Waals surface area (Å²) >= 11 is 0. The van der Waals surface area contributed by atoms with Gasteiger partial charge in [0, 0.05) is 10.6 Å². The van der Waals surface area contributed by atoms with Gasteiger partial charge in [0.25, 0.3) is 0 Å². The normalized spacial score (nSPS) is 14.7. The maximum absolute atomic E-state index is 12.2. The first-order valence-electron chi connectivity index (χ1n) is 6.91. The molecule has 1 rings (SSSR count). The van der Waals surface area contributed by atoms with E-state index < -0.39 is 10.8 Å². The molecule has 0 spiro atoms. The van der Waals surface area contributed by atoms with Gasteiger partial charge in [-0.05, 0) is 30.0 Å². The lowest BCUT2D eigenvalue weighted by Crippen LogP contribution is -2.20. The Labute approximate surface area is 124 Å². The third-order valence-electron chi connectivity index (χ3n) is 3.07. The van der Waals surface area contributed by atoms with Crippen molar-refractivity contribution < 1.29 is 13.7 Å². The molecule has 0 aliphatic rings. The van der Waals surface area contributed by atoms with Gasteiger partial charge < -0.3 is 4.74 Å². The highest BCUT2D eigenvalue weighted by Gasteiger charge is 2.19. The number of ether oxygens (including phenoxy) is 1. The van der Waals surface area contributed by atoms with Crippen molar-refractivity contribution in [2.24, 2.45) is 5.92 Å². The summed E-state index contributed by atoms with van der Waals surface area (Å²) in [6, 6.07) is 7.77. The van der Waals surface area contributed by atoms with Crippen LogP contribution in [0.15, 0.2) is 29.2 Å². The fourth-order valence-corrected chi connectivity index (χ4v) is 3.00. The van der Waals surface area contributed by atoms with E-state index in [1.807, 2.05) is 24.3 Å². The summed E-state index contributed by atoms with van der Waals surface area (Å²) in [6.45, 7) is 10.3. The molecule has 1 aromatic carbocycles. The Morgan fingerprint density at radius 1 is 1.25 bits per heavy atom. The van der Waals surface area contributed by atoms with Crippen LogP contribution in [0.2, 0.25) is 0 Å². The quantitative estimate of drug-likeness (QED) is 0.783. The molecule has 2 unspecified atom stereocenters. The molecule has 0 heterocycles. The average Bonchev–Trinajstić information content (AvgIpc) is 2.38. The molecule has 0 radical (unpaired) electrons. The predicted octanol–water partition coefficient (Wildman–Crippen LogP) is 3.29. The van der Waals surface area contributed by atoms with Gasteiger partial charge in [-0.1, -0.05) is 39.8 Å². The van der Waals surface area contributed by atoms with E-state index in [1.165, 1.54) is 5.56 Å². The molecule has 0 saturated heterocycles. The Hall–Kier alpha value is -1.16. The minimum atomic E-state index is -1.17. The lowest BCUT2D eigenvalue weighted by molar-refractivity contribution is -0.146. The fourth-order valence-electron chi connectivity index (χ4n) is 1.78. The van der Waals surface area contributed by atoms with Crippen LogP contribution in [-0.2, 0) is 25.7 Å². The molecule has 0 N–H and O–H groups in total. The van der Waals surface area contributed by atoms with E-state index >= 15 is 0 Å². The molecule has 0 saturated carbocycles. The Morgan fingerprint density at radius 2 is 1.80 bits per heavy atom. The van der Waals surface area contributed by atoms with Crippen LogP contribution < -0.4 is 0 Å². The van der Waals surface area contributed by atoms with E-state index in [2.05, 4.69) is 20.8 Å². The molecule has 112 valence electrons. The van der Waals surface area contributed by atoms with Gasteiger partial charge in [-0.2, -0.15) is 0 Å². The van der Waals surface area contributed by atoms with Gasteiger partial charge in [-0.3, -0.25) is 9.00 Å². The van der Waals surface area contributed by atoms with Crippen molar-refractivity contribution in [3.63, 3.8) is 0 Å². The SMILES string of the molecule is CCOC(=O)C(C)CS(=O)c1ccc(C(C)(C)C)cc1. The second kappa shape index (κ2) is 7.02. The van der Waals surface area contributed by atoms with E-state index in [0.29, 0.717) is 12.4 Å². The zero-order valence-corrected chi connectivity index (χ0v) is 13.8. The van der Waals surface area contributed by atoms with Crippen LogP contribution in [0.5, 0.6) is 0 Å². The van der Waals surface area contributed by atoms with Crippen LogP contribution >= 0.6 is 0 Å². The number of rotatable bonds is 5. The van der Waals surface area contributed by atoms with Gasteiger partial charge >= 0.3 is 5.97 Å². The van der Waals surface area contributed by atoms with Crippen LogP contribution in [0.1, 0.15) is 40.2 Å². The smallest absolute Gasteiger partial charge is 0.309 e. The van der Waals surface area contributed by atoms with E-state index in [-0.39, 0.29) is 17.3 Å². The molecule has 0 bridgehead atoms. The number of esters is 1. The highest BCUT2D eigenvalue weighted by molar-refractivity contribution is 7.85. The van der Waals surface area contributed by atoms with Gasteiger partial charge in [-0.25, -0.2) is 0 Å². The van der Waals surface area contributed by atoms with Crippen LogP contribution in [0.25, 0.3) is 0 Å². The Kier molecular flexibility index (Phi) is 5.93. The molecule has 0 aliphatic carbocycles. The summed E-state index contributed by atoms with van der Waals surface area (Å²) < 4.78 is 17.2. The Bertz CT molecular complexity index is 471. The summed E-state index contributed by atoms with van der Waals surface area (Å²) in [7, 11) is -1.17. The van der Waals surface area contributed by atoms with E-state index in [0.717, 1.165) is 4.90 Å². The second-order valence-electron chi connectivity index (χ2n) is 5.94. The fraction of sp³-hybridized carbons (Fsp3) is 0.562. The highest BCUT2D eigenvalue weighted by atomic mass is 32.2. The zero-order valence-electron chi connectivity index (χ0n) is 12.9. The van der Waals surface area contributed by atoms with Crippen LogP contribution in [0, 0.1) is 5.92 Å². The van der Waals surface area contributed by atoms with Gasteiger partial charge in [0.15, 0.2) is 0 Å². The number of carbonyl (C=O) groups is 1. The maximum Gasteiger partial charge on any atom is 0.309 e. The summed E-state index contributed by atoms with van der Waals surface area (Å²) in [5.74, 6) is -0.335. The molecular weight excluding hydrogens is 272 g/mol. The Balaban J connectivity index is 2.71. The van der Waals surface area contributed by atoms with Crippen molar-refractivity contribution in [1.82, 2.24) is 0 Å². The monoisotopic (exact) mass is 296 g/mol. The van der Waals surface area contributed by atoms with Gasteiger partial charge in [0.05, 0.1) is 23.3 Å². The number of hydrogen-bond acceptors (Lipinski definition) is 3. The minimum absolute atomic E-state index is 0.0816. The predicted molar refractivity (Wildman–Crippen MR) is 82.2 cm³/mol. The molecule has 0 aromatic heterocycles. The average molecular weight is 296 g/mol. The lowest BCUT2D eigenvalue weighted by Gasteiger charge is -2.19. The molecule has 0 aliphatic heterocycles. The van der Waals surface area contributed by atoms with Gasteiger partial charge in [0.1, 0.15) is 0 Å². The molecular formula is C16H24O3S. The molecule has 1 aromatic rings. The summed E-state index contributed by atoms with van der Waals surface area (Å²) in [5.41, 5.74) is 1.29. The van der Waals surface area contributed by atoms with Crippen LogP contribution in [0.3, 0.4) is 0 Å². The van der Waals surface area contributed by atoms with Crippen molar-refractivity contribution in [3.8, 4) is 0 Å². The number of benzene rings is 1. The Morgan fingerprint density at radius 3 is 2.25 bits per heavy atom. The lowest BCUT2D eigenvalue weighted by atomic mass is 9.87. The molecule has 2 atom stereocenters. The van der Waals surface area contributed by atoms with Crippen molar-refractivity contribution in [2.45, 2.75) is 44.9 Å². The van der Waals surface area contributed by atoms with E-state index in [1.54, 1.807) is 13.8 Å². The van der Waals surface area contributed by atoms with E-state index in [4.69, 9.17) is 4.74 Å². The summed E-state index contributed by atoms with van der Waals surface area (Å²) in [6.07, 6.45) is 0. The minimum Gasteiger partial charge on any atom is -0.466 e. The topological polar surface area (TPSA) is 43.4 Å². The van der Waals surface area contributed by atoms with Crippen molar-refractivity contribution in [1.29, 1.82) is 0 Å². The summed E-state index contributed by atoms with van der Waals surface area (Å²) in [5, 5.41) is 0. The standard InChI is InChI=1S/C16H24O3S/c1-6-19-15(17)12(2)11-20(18)14-9-7-13(8-10-14)16(3,4)5/h7-10,12H,6,11H2,1-5H3. The number of hydrogen-bond donors (Lipinski definition) is 0. The highest BCUT2D eigenvalue weighted by Crippen LogP contribution is 2.23. The first-order chi connectivity index (χ1) is 9.25. The third-order valence-corrected chi connectivity index (χ3v) is 4.67. The largest absolute Gasteiger partial charge is 0.466 e. The zero-order chi connectivity index (χ0) is 15.3. The first kappa shape index (κ1) is 16.9. The first-order valence-corrected chi connectivity index (χ1v) is 8.23. The van der Waals surface area contributed by atoms with Gasteiger partial charge in [0.2, 0.25) is 0 Å². The van der Waals surface area contributed by atoms with Crippen molar-refractivity contribution in [3.05, 3.63) is 29.8 Å². The van der Waals surface area contributed by atoms with E-state index in [9.17, 15) is 9.00 Å². The van der Waals surface area contributed by atoms with Gasteiger partial charge in [-0.15, -0.1) is 0 Å². The van der Waals surface area contributed by atoms with Crippen LogP contribution in [0.4, 0.5) is 0 Å². The number of carbonyl (C=O) groups excluding carboxylic acids is 1. The second-order valence-corrected chi connectivity index (χ2v) is 7.44. The third kappa shape index (κ3) is 4.75. The maximum atomic E-state index is 12.2. The van der Waals surface area contributed by atoms with Crippen molar-refractivity contribution >= 4 is 16.8 Å². The molecule has 4 heteroatoms. The summed E-state index contributed by atoms with van der Waals surface area (Å²) in [4.78, 5) is 12.3. The molecule has 20 heavy (non-hydrogen) atoms. The van der Waals surface area contributed by atoms with Crippen LogP contribution in [-0.4, -0.2) is 22.5 Å².